The van der Waals surface area contributed by atoms with Gasteiger partial charge in [-0.1, -0.05) is 23.2 Å². The second kappa shape index (κ2) is 7.98. The van der Waals surface area contributed by atoms with Crippen LogP contribution in [0.1, 0.15) is 11.6 Å². The van der Waals surface area contributed by atoms with Gasteiger partial charge in [0.15, 0.2) is 11.5 Å². The van der Waals surface area contributed by atoms with E-state index in [2.05, 4.69) is 30.6 Å². The Morgan fingerprint density at radius 1 is 1.10 bits per heavy atom. The van der Waals surface area contributed by atoms with E-state index in [-0.39, 0.29) is 6.04 Å². The number of nitrogens with zero attached hydrogens (tertiary/aromatic N) is 7. The predicted molar refractivity (Wildman–Crippen MR) is 114 cm³/mol. The molecule has 1 aromatic carbocycles. The zero-order valence-electron chi connectivity index (χ0n) is 16.2. The molecule has 3 heterocycles. The van der Waals surface area contributed by atoms with E-state index in [9.17, 15) is 0 Å². The van der Waals surface area contributed by atoms with Crippen molar-refractivity contribution < 1.29 is 0 Å². The Morgan fingerprint density at radius 3 is 2.52 bits per heavy atom. The highest BCUT2D eigenvalue weighted by molar-refractivity contribution is 6.35. The molecule has 1 unspecified atom stereocenters. The van der Waals surface area contributed by atoms with Gasteiger partial charge in [0.05, 0.1) is 12.2 Å². The van der Waals surface area contributed by atoms with E-state index in [1.807, 2.05) is 45.7 Å². The summed E-state index contributed by atoms with van der Waals surface area (Å²) in [6.45, 7) is 0.664. The van der Waals surface area contributed by atoms with Crippen molar-refractivity contribution in [1.29, 1.82) is 0 Å². The molecule has 0 aliphatic carbocycles. The minimum atomic E-state index is 0.147. The van der Waals surface area contributed by atoms with E-state index in [0.29, 0.717) is 33.9 Å². The topological polar surface area (TPSA) is 76.2 Å². The van der Waals surface area contributed by atoms with E-state index in [4.69, 9.17) is 23.2 Å². The van der Waals surface area contributed by atoms with Crippen LogP contribution in [0.4, 0.5) is 5.82 Å². The number of aromatic nitrogens is 6. The van der Waals surface area contributed by atoms with E-state index < -0.39 is 0 Å². The van der Waals surface area contributed by atoms with Crippen molar-refractivity contribution in [3.8, 4) is 11.4 Å². The van der Waals surface area contributed by atoms with Gasteiger partial charge in [-0.25, -0.2) is 0 Å². The van der Waals surface area contributed by atoms with E-state index in [0.717, 1.165) is 11.1 Å². The summed E-state index contributed by atoms with van der Waals surface area (Å²) in [4.78, 5) is 2.14. The van der Waals surface area contributed by atoms with Crippen LogP contribution in [0.15, 0.2) is 42.7 Å². The minimum Gasteiger partial charge on any atom is -0.367 e. The van der Waals surface area contributed by atoms with Gasteiger partial charge >= 0.3 is 0 Å². The summed E-state index contributed by atoms with van der Waals surface area (Å²) < 4.78 is 3.48. The smallest absolute Gasteiger partial charge is 0.185 e. The van der Waals surface area contributed by atoms with Crippen LogP contribution in [-0.4, -0.2) is 55.1 Å². The molecule has 0 fully saturated rings. The quantitative estimate of drug-likeness (QED) is 0.503. The molecule has 1 N–H and O–H groups in total. The Morgan fingerprint density at radius 2 is 1.86 bits per heavy atom. The molecule has 0 radical (unpaired) electrons. The standard InChI is InChI=1S/C19H20Cl2N8/c1-27(2)16(13-9-23-28(3)11-13)10-22-17-4-5-18-24-25-19(29(18)26-17)12-6-14(20)8-15(21)7-12/h4-9,11,16H,10H2,1-3H3,(H,22,26). The number of hydrogen-bond donors (Lipinski definition) is 1. The van der Waals surface area contributed by atoms with Crippen LogP contribution in [0.2, 0.25) is 10.0 Å². The summed E-state index contributed by atoms with van der Waals surface area (Å²) in [7, 11) is 5.99. The van der Waals surface area contributed by atoms with Gasteiger partial charge in [0.2, 0.25) is 0 Å². The van der Waals surface area contributed by atoms with E-state index in [1.165, 1.54) is 0 Å². The first kappa shape index (κ1) is 19.6. The second-order valence-electron chi connectivity index (χ2n) is 6.98. The van der Waals surface area contributed by atoms with Gasteiger partial charge in [-0.2, -0.15) is 9.61 Å². The Labute approximate surface area is 178 Å². The third-order valence-corrected chi connectivity index (χ3v) is 5.03. The van der Waals surface area contributed by atoms with Gasteiger partial charge in [0.25, 0.3) is 0 Å². The van der Waals surface area contributed by atoms with Crippen molar-refractivity contribution in [3.63, 3.8) is 0 Å². The fourth-order valence-corrected chi connectivity index (χ4v) is 3.68. The average molecular weight is 431 g/mol. The lowest BCUT2D eigenvalue weighted by molar-refractivity contribution is 0.311. The molecule has 3 aromatic heterocycles. The molecule has 0 aliphatic rings. The van der Waals surface area contributed by atoms with Crippen LogP contribution in [0, 0.1) is 0 Å². The summed E-state index contributed by atoms with van der Waals surface area (Å²) in [5.74, 6) is 1.28. The molecule has 29 heavy (non-hydrogen) atoms. The van der Waals surface area contributed by atoms with Crippen molar-refractivity contribution in [1.82, 2.24) is 34.5 Å². The summed E-state index contributed by atoms with van der Waals surface area (Å²) in [5, 5.41) is 21.8. The van der Waals surface area contributed by atoms with Crippen LogP contribution in [0.3, 0.4) is 0 Å². The van der Waals surface area contributed by atoms with Crippen LogP contribution < -0.4 is 5.32 Å². The van der Waals surface area contributed by atoms with E-state index >= 15 is 0 Å². The number of likely N-dealkylation sites (N-methyl/N-ethyl adjacent to an activating group) is 1. The maximum atomic E-state index is 6.14. The van der Waals surface area contributed by atoms with Crippen LogP contribution in [0.5, 0.6) is 0 Å². The molecule has 4 rings (SSSR count). The second-order valence-corrected chi connectivity index (χ2v) is 7.85. The summed E-state index contributed by atoms with van der Waals surface area (Å²) >= 11 is 12.3. The summed E-state index contributed by atoms with van der Waals surface area (Å²) in [6.07, 6.45) is 3.90. The van der Waals surface area contributed by atoms with Crippen LogP contribution >= 0.6 is 23.2 Å². The Bertz CT molecular complexity index is 1130. The Balaban J connectivity index is 1.61. The fraction of sp³-hybridized carbons (Fsp3) is 0.263. The molecular formula is C19H20Cl2N8. The number of aryl methyl sites for hydroxylation is 1. The number of nitrogens with one attached hydrogen (secondary N) is 1. The number of rotatable bonds is 6. The monoisotopic (exact) mass is 430 g/mol. The molecule has 4 aromatic rings. The maximum Gasteiger partial charge on any atom is 0.185 e. The number of hydrogen-bond acceptors (Lipinski definition) is 6. The molecule has 8 nitrogen and oxygen atoms in total. The largest absolute Gasteiger partial charge is 0.367 e. The van der Waals surface area contributed by atoms with Gasteiger partial charge in [0.1, 0.15) is 5.82 Å². The SMILES string of the molecule is CN(C)C(CNc1ccc2nnc(-c3cc(Cl)cc(Cl)c3)n2n1)c1cnn(C)c1. The number of halogens is 2. The highest BCUT2D eigenvalue weighted by Gasteiger charge is 2.17. The van der Waals surface area contributed by atoms with Gasteiger partial charge in [0, 0.05) is 41.0 Å². The van der Waals surface area contributed by atoms with Crippen molar-refractivity contribution in [2.24, 2.45) is 7.05 Å². The molecule has 1 atom stereocenters. The van der Waals surface area contributed by atoms with Crippen molar-refractivity contribution in [2.45, 2.75) is 6.04 Å². The minimum absolute atomic E-state index is 0.147. The fourth-order valence-electron chi connectivity index (χ4n) is 3.16. The lowest BCUT2D eigenvalue weighted by Crippen LogP contribution is -2.27. The normalized spacial score (nSPS) is 12.6. The molecule has 150 valence electrons. The molecule has 10 heteroatoms. The third-order valence-electron chi connectivity index (χ3n) is 4.59. The first-order chi connectivity index (χ1) is 13.9. The highest BCUT2D eigenvalue weighted by atomic mass is 35.5. The molecule has 0 saturated carbocycles. The molecule has 0 saturated heterocycles. The zero-order valence-corrected chi connectivity index (χ0v) is 17.7. The average Bonchev–Trinajstić information content (AvgIpc) is 3.27. The van der Waals surface area contributed by atoms with Crippen LogP contribution in [-0.2, 0) is 7.05 Å². The number of anilines is 1. The van der Waals surface area contributed by atoms with Crippen molar-refractivity contribution in [3.05, 3.63) is 58.3 Å². The predicted octanol–water partition coefficient (Wildman–Crippen LogP) is 3.55. The maximum absolute atomic E-state index is 6.14. The van der Waals surface area contributed by atoms with E-state index in [1.54, 1.807) is 27.4 Å². The van der Waals surface area contributed by atoms with Crippen LogP contribution in [0.25, 0.3) is 17.0 Å². The molecule has 0 bridgehead atoms. The molecule has 0 aliphatic heterocycles. The zero-order chi connectivity index (χ0) is 20.5. The van der Waals surface area contributed by atoms with Gasteiger partial charge in [-0.05, 0) is 44.4 Å². The lowest BCUT2D eigenvalue weighted by Gasteiger charge is -2.23. The first-order valence-corrected chi connectivity index (χ1v) is 9.74. The van der Waals surface area contributed by atoms with Gasteiger partial charge < -0.3 is 10.2 Å². The number of fused-ring (bicyclic) bond motifs is 1. The Hall–Kier alpha value is -2.68. The Kier molecular flexibility index (Phi) is 5.40. The van der Waals surface area contributed by atoms with Crippen molar-refractivity contribution in [2.75, 3.05) is 26.0 Å². The highest BCUT2D eigenvalue weighted by Crippen LogP contribution is 2.26. The van der Waals surface area contributed by atoms with Crippen molar-refractivity contribution >= 4 is 34.7 Å². The van der Waals surface area contributed by atoms with Gasteiger partial charge in [-0.3, -0.25) is 4.68 Å². The first-order valence-electron chi connectivity index (χ1n) is 8.98. The number of benzene rings is 1. The lowest BCUT2D eigenvalue weighted by atomic mass is 10.1. The summed E-state index contributed by atoms with van der Waals surface area (Å²) in [5.41, 5.74) is 2.52. The summed E-state index contributed by atoms with van der Waals surface area (Å²) in [6, 6.07) is 9.15. The molecular weight excluding hydrogens is 411 g/mol. The molecule has 0 spiro atoms. The third kappa shape index (κ3) is 4.19. The molecule has 0 amide bonds. The van der Waals surface area contributed by atoms with Gasteiger partial charge in [-0.15, -0.1) is 15.3 Å².